The molecule has 1 atom stereocenters. The van der Waals surface area contributed by atoms with E-state index in [2.05, 4.69) is 20.6 Å². The molecule has 0 radical (unpaired) electrons. The largest absolute Gasteiger partial charge is 0.331 e. The summed E-state index contributed by atoms with van der Waals surface area (Å²) in [5.74, 6) is 0.476. The van der Waals surface area contributed by atoms with E-state index in [4.69, 9.17) is 11.6 Å². The molecule has 1 saturated carbocycles. The van der Waals surface area contributed by atoms with Crippen LogP contribution in [0.1, 0.15) is 24.4 Å². The first-order chi connectivity index (χ1) is 12.7. The van der Waals surface area contributed by atoms with Crippen molar-refractivity contribution >= 4 is 34.1 Å². The van der Waals surface area contributed by atoms with E-state index in [-0.39, 0.29) is 12.1 Å². The highest BCUT2D eigenvalue weighted by Crippen LogP contribution is 2.41. The van der Waals surface area contributed by atoms with Gasteiger partial charge in [0.05, 0.1) is 11.7 Å². The number of carbonyl (C=O) groups is 1. The predicted octanol–water partition coefficient (Wildman–Crippen LogP) is 5.13. The second-order valence-electron chi connectivity index (χ2n) is 6.24. The Morgan fingerprint density at radius 2 is 2.04 bits per heavy atom. The quantitative estimate of drug-likeness (QED) is 0.640. The molecule has 0 spiro atoms. The molecule has 1 aromatic carbocycles. The summed E-state index contributed by atoms with van der Waals surface area (Å²) in [5, 5.41) is 9.07. The summed E-state index contributed by atoms with van der Waals surface area (Å²) in [6, 6.07) is 11.2. The average molecular weight is 385 g/mol. The first-order valence-corrected chi connectivity index (χ1v) is 9.64. The van der Waals surface area contributed by atoms with E-state index in [0.29, 0.717) is 16.1 Å². The number of nitrogens with one attached hydrogen (secondary N) is 2. The molecule has 0 saturated heterocycles. The summed E-state index contributed by atoms with van der Waals surface area (Å²) in [6.45, 7) is 0. The lowest BCUT2D eigenvalue weighted by Gasteiger charge is -2.18. The van der Waals surface area contributed by atoms with Gasteiger partial charge in [-0.25, -0.2) is 9.78 Å². The van der Waals surface area contributed by atoms with Crippen LogP contribution in [-0.4, -0.2) is 16.0 Å². The van der Waals surface area contributed by atoms with E-state index in [0.717, 1.165) is 29.7 Å². The van der Waals surface area contributed by atoms with Crippen LogP contribution in [0, 0.1) is 5.92 Å². The van der Waals surface area contributed by atoms with Gasteiger partial charge < -0.3 is 5.32 Å². The number of hydrogen-bond donors (Lipinski definition) is 2. The Balaban J connectivity index is 1.43. The number of hydrogen-bond acceptors (Lipinski definition) is 4. The molecule has 5 nitrogen and oxygen atoms in total. The number of halogens is 1. The van der Waals surface area contributed by atoms with Crippen molar-refractivity contribution < 1.29 is 4.79 Å². The number of thiazole rings is 1. The zero-order valence-corrected chi connectivity index (χ0v) is 15.4. The molecule has 2 N–H and O–H groups in total. The molecule has 2 aromatic heterocycles. The second kappa shape index (κ2) is 7.43. The summed E-state index contributed by atoms with van der Waals surface area (Å²) in [6.07, 6.45) is 5.71. The first kappa shape index (κ1) is 17.0. The number of rotatable bonds is 5. The molecule has 132 valence electrons. The standard InChI is InChI=1S/C19H17ClN4OS/c20-15-7-5-13(6-8-15)17(12-3-4-12)23-18(25)24-19-22-16(11-26-19)14-2-1-9-21-10-14/h1-2,5-12,17H,3-4H2,(H2,22,23,24,25). The van der Waals surface area contributed by atoms with Gasteiger partial charge in [-0.3, -0.25) is 10.3 Å². The van der Waals surface area contributed by atoms with E-state index in [1.54, 1.807) is 12.4 Å². The van der Waals surface area contributed by atoms with Crippen LogP contribution in [0.15, 0.2) is 54.2 Å². The average Bonchev–Trinajstić information content (AvgIpc) is 3.40. The number of nitrogens with zero attached hydrogens (tertiary/aromatic N) is 2. The van der Waals surface area contributed by atoms with Crippen LogP contribution < -0.4 is 10.6 Å². The molecule has 1 unspecified atom stereocenters. The van der Waals surface area contributed by atoms with Crippen molar-refractivity contribution in [1.29, 1.82) is 0 Å². The molecule has 26 heavy (non-hydrogen) atoms. The number of benzene rings is 1. The van der Waals surface area contributed by atoms with E-state index in [9.17, 15) is 4.79 Å². The minimum atomic E-state index is -0.246. The molecule has 3 aromatic rings. The van der Waals surface area contributed by atoms with E-state index >= 15 is 0 Å². The Morgan fingerprint density at radius 3 is 2.73 bits per heavy atom. The fourth-order valence-electron chi connectivity index (χ4n) is 2.83. The highest BCUT2D eigenvalue weighted by Gasteiger charge is 2.33. The first-order valence-electron chi connectivity index (χ1n) is 8.38. The maximum absolute atomic E-state index is 12.4. The topological polar surface area (TPSA) is 66.9 Å². The van der Waals surface area contributed by atoms with Crippen LogP contribution in [0.4, 0.5) is 9.93 Å². The van der Waals surface area contributed by atoms with Gasteiger partial charge in [0, 0.05) is 28.4 Å². The smallest absolute Gasteiger partial charge is 0.321 e. The maximum atomic E-state index is 12.4. The van der Waals surface area contributed by atoms with Gasteiger partial charge in [-0.2, -0.15) is 0 Å². The van der Waals surface area contributed by atoms with Gasteiger partial charge in [-0.05, 0) is 48.6 Å². The maximum Gasteiger partial charge on any atom is 0.321 e. The monoisotopic (exact) mass is 384 g/mol. The lowest BCUT2D eigenvalue weighted by Crippen LogP contribution is -2.33. The number of pyridine rings is 1. The van der Waals surface area contributed by atoms with Crippen LogP contribution in [0.5, 0.6) is 0 Å². The number of aromatic nitrogens is 2. The summed E-state index contributed by atoms with van der Waals surface area (Å²) in [5.41, 5.74) is 2.80. The van der Waals surface area contributed by atoms with Crippen molar-refractivity contribution in [3.63, 3.8) is 0 Å². The van der Waals surface area contributed by atoms with Crippen molar-refractivity contribution in [2.45, 2.75) is 18.9 Å². The highest BCUT2D eigenvalue weighted by molar-refractivity contribution is 7.14. The third kappa shape index (κ3) is 4.03. The molecular formula is C19H17ClN4OS. The number of amides is 2. The van der Waals surface area contributed by atoms with Crippen molar-refractivity contribution in [3.05, 3.63) is 64.8 Å². The lowest BCUT2D eigenvalue weighted by atomic mass is 10.0. The minimum Gasteiger partial charge on any atom is -0.331 e. The summed E-state index contributed by atoms with van der Waals surface area (Å²) >= 11 is 7.36. The zero-order valence-electron chi connectivity index (χ0n) is 13.9. The Hall–Kier alpha value is -2.44. The summed E-state index contributed by atoms with van der Waals surface area (Å²) in [7, 11) is 0. The van der Waals surface area contributed by atoms with Gasteiger partial charge in [0.1, 0.15) is 0 Å². The normalized spacial score (nSPS) is 14.7. The van der Waals surface area contributed by atoms with Gasteiger partial charge >= 0.3 is 6.03 Å². The molecule has 4 rings (SSSR count). The van der Waals surface area contributed by atoms with Crippen LogP contribution in [-0.2, 0) is 0 Å². The minimum absolute atomic E-state index is 0.00924. The van der Waals surface area contributed by atoms with Gasteiger partial charge in [0.15, 0.2) is 5.13 Å². The molecule has 1 aliphatic carbocycles. The Bertz CT molecular complexity index is 893. The van der Waals surface area contributed by atoms with Crippen LogP contribution in [0.25, 0.3) is 11.3 Å². The summed E-state index contributed by atoms with van der Waals surface area (Å²) < 4.78 is 0. The second-order valence-corrected chi connectivity index (χ2v) is 7.54. The third-order valence-corrected chi connectivity index (χ3v) is 5.30. The number of carbonyl (C=O) groups excluding carboxylic acids is 1. The Morgan fingerprint density at radius 1 is 1.23 bits per heavy atom. The molecule has 1 aliphatic rings. The predicted molar refractivity (Wildman–Crippen MR) is 104 cm³/mol. The zero-order chi connectivity index (χ0) is 17.9. The number of anilines is 1. The Kier molecular flexibility index (Phi) is 4.86. The van der Waals surface area contributed by atoms with E-state index < -0.39 is 0 Å². The van der Waals surface area contributed by atoms with Crippen molar-refractivity contribution in [2.24, 2.45) is 5.92 Å². The van der Waals surface area contributed by atoms with E-state index in [1.807, 2.05) is 41.8 Å². The highest BCUT2D eigenvalue weighted by atomic mass is 35.5. The van der Waals surface area contributed by atoms with Crippen molar-refractivity contribution in [2.75, 3.05) is 5.32 Å². The van der Waals surface area contributed by atoms with Gasteiger partial charge in [0.2, 0.25) is 0 Å². The fourth-order valence-corrected chi connectivity index (χ4v) is 3.67. The molecule has 7 heteroatoms. The van der Waals surface area contributed by atoms with Crippen molar-refractivity contribution in [1.82, 2.24) is 15.3 Å². The molecule has 0 aliphatic heterocycles. The summed E-state index contributed by atoms with van der Waals surface area (Å²) in [4.78, 5) is 21.0. The van der Waals surface area contributed by atoms with Crippen LogP contribution in [0.3, 0.4) is 0 Å². The number of urea groups is 1. The molecule has 0 bridgehead atoms. The molecule has 2 amide bonds. The Labute approximate surface area is 160 Å². The lowest BCUT2D eigenvalue weighted by molar-refractivity contribution is 0.247. The fraction of sp³-hybridized carbons (Fsp3) is 0.211. The van der Waals surface area contributed by atoms with Gasteiger partial charge in [-0.1, -0.05) is 23.7 Å². The SMILES string of the molecule is O=C(Nc1nc(-c2cccnc2)cs1)NC(c1ccc(Cl)cc1)C1CC1. The van der Waals surface area contributed by atoms with Crippen LogP contribution in [0.2, 0.25) is 5.02 Å². The third-order valence-electron chi connectivity index (χ3n) is 4.29. The molecule has 2 heterocycles. The molecular weight excluding hydrogens is 368 g/mol. The molecule has 1 fully saturated rings. The van der Waals surface area contributed by atoms with Crippen LogP contribution >= 0.6 is 22.9 Å². The van der Waals surface area contributed by atoms with E-state index in [1.165, 1.54) is 11.3 Å². The van der Waals surface area contributed by atoms with Gasteiger partial charge in [-0.15, -0.1) is 11.3 Å². The van der Waals surface area contributed by atoms with Gasteiger partial charge in [0.25, 0.3) is 0 Å². The van der Waals surface area contributed by atoms with Crippen molar-refractivity contribution in [3.8, 4) is 11.3 Å².